The Kier molecular flexibility index (Phi) is 12.1. The summed E-state index contributed by atoms with van der Waals surface area (Å²) in [6.07, 6.45) is 2.13. The second-order valence-electron chi connectivity index (χ2n) is 5.60. The normalized spacial score (nSPS) is 12.9. The molecule has 0 fully saturated rings. The Morgan fingerprint density at radius 2 is 2.00 bits per heavy atom. The predicted octanol–water partition coefficient (Wildman–Crippen LogP) is 2.88. The lowest BCUT2D eigenvalue weighted by molar-refractivity contribution is 0.238. The third kappa shape index (κ3) is 8.01. The topological polar surface area (TPSA) is 82.7 Å². The van der Waals surface area contributed by atoms with Crippen LogP contribution in [-0.2, 0) is 6.54 Å². The van der Waals surface area contributed by atoms with Crippen LogP contribution >= 0.6 is 24.0 Å². The first kappa shape index (κ1) is 22.2. The van der Waals surface area contributed by atoms with Gasteiger partial charge in [-0.2, -0.15) is 0 Å². The van der Waals surface area contributed by atoms with Crippen LogP contribution in [-0.4, -0.2) is 35.9 Å². The summed E-state index contributed by atoms with van der Waals surface area (Å²) in [6.45, 7) is 10.4. The molecule has 1 heterocycles. The van der Waals surface area contributed by atoms with Crippen molar-refractivity contribution in [3.63, 3.8) is 0 Å². The summed E-state index contributed by atoms with van der Waals surface area (Å²) in [5.74, 6) is 2.14. The molecule has 0 saturated carbocycles. The molecular weight excluding hydrogens is 407 g/mol. The Labute approximate surface area is 156 Å². The molecule has 7 heteroatoms. The molecule has 0 aliphatic carbocycles. The third-order valence-corrected chi connectivity index (χ3v) is 3.65. The fourth-order valence-corrected chi connectivity index (χ4v) is 2.14. The van der Waals surface area contributed by atoms with Crippen molar-refractivity contribution >= 4 is 29.9 Å². The van der Waals surface area contributed by atoms with Gasteiger partial charge in [0.25, 0.3) is 0 Å². The van der Waals surface area contributed by atoms with Crippen LogP contribution in [0.2, 0.25) is 0 Å². The maximum absolute atomic E-state index is 9.06. The molecule has 0 aliphatic heterocycles. The Morgan fingerprint density at radius 3 is 2.57 bits per heavy atom. The van der Waals surface area contributed by atoms with Gasteiger partial charge in [-0.1, -0.05) is 25.9 Å². The lowest BCUT2D eigenvalue weighted by Gasteiger charge is -2.13. The van der Waals surface area contributed by atoms with E-state index in [9.17, 15) is 0 Å². The molecule has 0 bridgehead atoms. The zero-order valence-electron chi connectivity index (χ0n) is 14.6. The van der Waals surface area contributed by atoms with E-state index in [0.29, 0.717) is 19.0 Å². The summed E-state index contributed by atoms with van der Waals surface area (Å²) in [5.41, 5.74) is 1.02. The number of aliphatic hydroxyl groups is 1. The number of nitrogens with one attached hydrogen (secondary N) is 2. The number of hydrogen-bond acceptors (Lipinski definition) is 4. The van der Waals surface area contributed by atoms with Gasteiger partial charge in [-0.15, -0.1) is 24.0 Å². The van der Waals surface area contributed by atoms with Crippen molar-refractivity contribution in [2.75, 3.05) is 19.7 Å². The molecule has 0 amide bonds. The molecule has 0 saturated heterocycles. The predicted molar refractivity (Wildman–Crippen MR) is 104 cm³/mol. The lowest BCUT2D eigenvalue weighted by Crippen LogP contribution is -2.39. The molecule has 23 heavy (non-hydrogen) atoms. The zero-order chi connectivity index (χ0) is 16.4. The smallest absolute Gasteiger partial charge is 0.191 e. The average molecular weight is 438 g/mol. The Bertz CT molecular complexity index is 447. The second kappa shape index (κ2) is 12.6. The SMILES string of the molecule is CCNC(=NCc1cc(C(CC)CC)no1)NCC(C)CO.I. The van der Waals surface area contributed by atoms with Gasteiger partial charge >= 0.3 is 0 Å². The number of hydrogen-bond donors (Lipinski definition) is 3. The highest BCUT2D eigenvalue weighted by molar-refractivity contribution is 14.0. The van der Waals surface area contributed by atoms with E-state index in [-0.39, 0.29) is 36.5 Å². The van der Waals surface area contributed by atoms with Gasteiger partial charge in [-0.25, -0.2) is 4.99 Å². The highest BCUT2D eigenvalue weighted by Crippen LogP contribution is 2.22. The first-order chi connectivity index (χ1) is 10.6. The van der Waals surface area contributed by atoms with Crippen molar-refractivity contribution in [1.82, 2.24) is 15.8 Å². The molecule has 1 unspecified atom stereocenters. The number of aliphatic hydroxyl groups excluding tert-OH is 1. The summed E-state index contributed by atoms with van der Waals surface area (Å²) >= 11 is 0. The van der Waals surface area contributed by atoms with Crippen LogP contribution in [0.25, 0.3) is 0 Å². The Balaban J connectivity index is 0.00000484. The molecule has 1 atom stereocenters. The molecule has 134 valence electrons. The average Bonchev–Trinajstić information content (AvgIpc) is 2.99. The molecule has 3 N–H and O–H groups in total. The molecule has 0 spiro atoms. The van der Waals surface area contributed by atoms with Crippen molar-refractivity contribution in [3.8, 4) is 0 Å². The molecule has 0 radical (unpaired) electrons. The van der Waals surface area contributed by atoms with Crippen molar-refractivity contribution in [3.05, 3.63) is 17.5 Å². The molecule has 1 aromatic rings. The van der Waals surface area contributed by atoms with Crippen molar-refractivity contribution in [1.29, 1.82) is 0 Å². The van der Waals surface area contributed by atoms with Gasteiger partial charge in [0.05, 0.1) is 5.69 Å². The van der Waals surface area contributed by atoms with Crippen LogP contribution in [0.1, 0.15) is 57.9 Å². The van der Waals surface area contributed by atoms with Crippen LogP contribution in [0.15, 0.2) is 15.6 Å². The quantitative estimate of drug-likeness (QED) is 0.314. The summed E-state index contributed by atoms with van der Waals surface area (Å²) < 4.78 is 5.37. The van der Waals surface area contributed by atoms with Gasteiger partial charge in [0.15, 0.2) is 11.7 Å². The number of rotatable bonds is 9. The molecule has 1 aromatic heterocycles. The van der Waals surface area contributed by atoms with Crippen molar-refractivity contribution < 1.29 is 9.63 Å². The number of halogens is 1. The number of aliphatic imine (C=N–C) groups is 1. The van der Waals surface area contributed by atoms with E-state index in [2.05, 4.69) is 34.6 Å². The maximum atomic E-state index is 9.06. The summed E-state index contributed by atoms with van der Waals surface area (Å²) in [5, 5.41) is 19.6. The van der Waals surface area contributed by atoms with Crippen LogP contribution in [0.4, 0.5) is 0 Å². The Hall–Kier alpha value is -0.830. The van der Waals surface area contributed by atoms with Gasteiger partial charge in [0, 0.05) is 31.7 Å². The highest BCUT2D eigenvalue weighted by Gasteiger charge is 2.12. The molecule has 0 aromatic carbocycles. The van der Waals surface area contributed by atoms with Crippen LogP contribution in [0, 0.1) is 5.92 Å². The molecule has 6 nitrogen and oxygen atoms in total. The van der Waals surface area contributed by atoms with E-state index in [1.165, 1.54) is 0 Å². The van der Waals surface area contributed by atoms with Crippen LogP contribution < -0.4 is 10.6 Å². The maximum Gasteiger partial charge on any atom is 0.191 e. The number of aromatic nitrogens is 1. The van der Waals surface area contributed by atoms with Crippen molar-refractivity contribution in [2.45, 2.75) is 53.0 Å². The fourth-order valence-electron chi connectivity index (χ4n) is 2.14. The zero-order valence-corrected chi connectivity index (χ0v) is 17.0. The van der Waals surface area contributed by atoms with Crippen LogP contribution in [0.3, 0.4) is 0 Å². The van der Waals surface area contributed by atoms with Gasteiger partial charge < -0.3 is 20.3 Å². The molecule has 0 aliphatic rings. The van der Waals surface area contributed by atoms with Gasteiger partial charge in [-0.05, 0) is 25.7 Å². The monoisotopic (exact) mass is 438 g/mol. The summed E-state index contributed by atoms with van der Waals surface area (Å²) in [7, 11) is 0. The minimum atomic E-state index is 0. The van der Waals surface area contributed by atoms with E-state index in [1.54, 1.807) is 0 Å². The first-order valence-corrected chi connectivity index (χ1v) is 8.22. The number of guanidine groups is 1. The standard InChI is InChI=1S/C16H30N4O2.HI/c1-5-13(6-2)15-8-14(22-20-15)10-19-16(17-7-3)18-9-12(4)11-21;/h8,12-13,21H,5-7,9-11H2,1-4H3,(H2,17,18,19);1H. The van der Waals surface area contributed by atoms with E-state index >= 15 is 0 Å². The highest BCUT2D eigenvalue weighted by atomic mass is 127. The summed E-state index contributed by atoms with van der Waals surface area (Å²) in [4.78, 5) is 4.49. The van der Waals surface area contributed by atoms with Gasteiger partial charge in [0.1, 0.15) is 6.54 Å². The van der Waals surface area contributed by atoms with Gasteiger partial charge in [0.2, 0.25) is 0 Å². The van der Waals surface area contributed by atoms with E-state index in [4.69, 9.17) is 9.63 Å². The van der Waals surface area contributed by atoms with E-state index < -0.39 is 0 Å². The van der Waals surface area contributed by atoms with Crippen LogP contribution in [0.5, 0.6) is 0 Å². The lowest BCUT2D eigenvalue weighted by atomic mass is 9.99. The Morgan fingerprint density at radius 1 is 1.30 bits per heavy atom. The fraction of sp³-hybridized carbons (Fsp3) is 0.750. The summed E-state index contributed by atoms with van der Waals surface area (Å²) in [6, 6.07) is 2.00. The minimum Gasteiger partial charge on any atom is -0.396 e. The van der Waals surface area contributed by atoms with Gasteiger partial charge in [-0.3, -0.25) is 0 Å². The largest absolute Gasteiger partial charge is 0.396 e. The molecular formula is C16H31IN4O2. The molecule has 1 rings (SSSR count). The van der Waals surface area contributed by atoms with E-state index in [1.807, 2.05) is 19.9 Å². The second-order valence-corrected chi connectivity index (χ2v) is 5.60. The number of nitrogens with zero attached hydrogens (tertiary/aromatic N) is 2. The first-order valence-electron chi connectivity index (χ1n) is 8.22. The third-order valence-electron chi connectivity index (χ3n) is 3.65. The minimum absolute atomic E-state index is 0. The van der Waals surface area contributed by atoms with E-state index in [0.717, 1.165) is 36.8 Å². The van der Waals surface area contributed by atoms with Crippen molar-refractivity contribution in [2.24, 2.45) is 10.9 Å².